The van der Waals surface area contributed by atoms with Crippen LogP contribution in [0.25, 0.3) is 0 Å². The molecule has 210 valence electrons. The van der Waals surface area contributed by atoms with Gasteiger partial charge in [-0.2, -0.15) is 13.2 Å². The summed E-state index contributed by atoms with van der Waals surface area (Å²) in [5, 5.41) is 6.83. The minimum atomic E-state index is -4.41. The minimum absolute atomic E-state index is 0.301. The molecular formula is C25H48F3N7O. The largest absolute Gasteiger partial charge is 0.451 e. The smallest absolute Gasteiger partial charge is 0.379 e. The van der Waals surface area contributed by atoms with E-state index in [1.807, 2.05) is 13.8 Å². The van der Waals surface area contributed by atoms with Gasteiger partial charge in [0.1, 0.15) is 5.82 Å². The highest BCUT2D eigenvalue weighted by Gasteiger charge is 2.39. The molecule has 1 unspecified atom stereocenters. The fraction of sp³-hybridized carbons (Fsp3) is 0.920. The molecule has 0 bridgehead atoms. The molecule has 0 radical (unpaired) electrons. The number of nitrogens with zero attached hydrogens (tertiary/aromatic N) is 7. The van der Waals surface area contributed by atoms with E-state index in [1.165, 1.54) is 24.2 Å². The number of hydrogen-bond acceptors (Lipinski definition) is 7. The molecule has 8 nitrogen and oxygen atoms in total. The third-order valence-electron chi connectivity index (χ3n) is 7.09. The van der Waals surface area contributed by atoms with Gasteiger partial charge < -0.3 is 14.2 Å². The zero-order chi connectivity index (χ0) is 27.0. The van der Waals surface area contributed by atoms with E-state index in [9.17, 15) is 13.2 Å². The highest BCUT2D eigenvalue weighted by molar-refractivity contribution is 5.02. The number of alkyl halides is 3. The molecule has 2 fully saturated rings. The lowest BCUT2D eigenvalue weighted by Crippen LogP contribution is -2.52. The molecule has 0 amide bonds. The molecule has 0 N–H and O–H groups in total. The van der Waals surface area contributed by atoms with E-state index in [0.717, 1.165) is 32.3 Å². The van der Waals surface area contributed by atoms with Gasteiger partial charge in [0.25, 0.3) is 0 Å². The van der Waals surface area contributed by atoms with Crippen molar-refractivity contribution in [1.82, 2.24) is 34.4 Å². The Balaban J connectivity index is 0.000000200. The summed E-state index contributed by atoms with van der Waals surface area (Å²) in [6, 6.07) is 2.43. The predicted molar refractivity (Wildman–Crippen MR) is 137 cm³/mol. The van der Waals surface area contributed by atoms with Crippen molar-refractivity contribution in [3.05, 3.63) is 11.6 Å². The van der Waals surface area contributed by atoms with E-state index >= 15 is 0 Å². The van der Waals surface area contributed by atoms with Crippen LogP contribution < -0.4 is 0 Å². The maximum absolute atomic E-state index is 12.5. The number of hydrogen-bond donors (Lipinski definition) is 0. The highest BCUT2D eigenvalue weighted by Crippen LogP contribution is 2.29. The fourth-order valence-electron chi connectivity index (χ4n) is 4.84. The van der Waals surface area contributed by atoms with Crippen molar-refractivity contribution < 1.29 is 17.9 Å². The first-order valence-corrected chi connectivity index (χ1v) is 13.3. The van der Waals surface area contributed by atoms with Gasteiger partial charge in [0, 0.05) is 70.0 Å². The maximum atomic E-state index is 12.5. The van der Waals surface area contributed by atoms with Crippen LogP contribution in [0.5, 0.6) is 0 Å². The summed E-state index contributed by atoms with van der Waals surface area (Å²) in [6.07, 6.45) is -4.41. The van der Waals surface area contributed by atoms with Crippen molar-refractivity contribution in [2.75, 3.05) is 59.5 Å². The van der Waals surface area contributed by atoms with Crippen molar-refractivity contribution in [3.8, 4) is 0 Å². The Kier molecular flexibility index (Phi) is 12.1. The van der Waals surface area contributed by atoms with Gasteiger partial charge in [0.05, 0.1) is 19.8 Å². The first kappa shape index (κ1) is 31.0. The van der Waals surface area contributed by atoms with Crippen molar-refractivity contribution in [2.24, 2.45) is 0 Å². The third-order valence-corrected chi connectivity index (χ3v) is 7.09. The van der Waals surface area contributed by atoms with E-state index in [2.05, 4.69) is 71.5 Å². The van der Waals surface area contributed by atoms with Crippen molar-refractivity contribution in [1.29, 1.82) is 0 Å². The van der Waals surface area contributed by atoms with Crippen LogP contribution >= 0.6 is 0 Å². The second-order valence-electron chi connectivity index (χ2n) is 10.8. The van der Waals surface area contributed by atoms with Crippen LogP contribution in [0.3, 0.4) is 0 Å². The van der Waals surface area contributed by atoms with Gasteiger partial charge >= 0.3 is 6.18 Å². The standard InChI is InChI=1S/C9H13F3N4.C9H20N2.C7H15NO/c1-6(2)15-3-4-16-7(5-15)13-14-8(16)9(10,11)12;1-8(2)11-6-5-10(4)7-9(11)3;1-7(2)8-3-5-9-6-4-8/h6H,3-5H2,1-2H3;8-9H,5-7H2,1-4H3;7H,3-6H2,1-2H3. The molecule has 11 heteroatoms. The lowest BCUT2D eigenvalue weighted by atomic mass is 10.1. The number of fused-ring (bicyclic) bond motifs is 1. The summed E-state index contributed by atoms with van der Waals surface area (Å²) >= 11 is 0. The summed E-state index contributed by atoms with van der Waals surface area (Å²) in [5.74, 6) is -0.488. The molecule has 0 aromatic carbocycles. The maximum Gasteiger partial charge on any atom is 0.451 e. The van der Waals surface area contributed by atoms with E-state index < -0.39 is 12.0 Å². The molecule has 1 atom stereocenters. The Bertz CT molecular complexity index is 763. The van der Waals surface area contributed by atoms with E-state index in [1.54, 1.807) is 0 Å². The SMILES string of the molecule is CC(C)N1CCN(C)CC1C.CC(C)N1CCOCC1.CC(C)N1CCn2c(nnc2C(F)(F)F)C1. The first-order valence-electron chi connectivity index (χ1n) is 13.3. The number of likely N-dealkylation sites (N-methyl/N-ethyl adjacent to an activating group) is 1. The zero-order valence-corrected chi connectivity index (χ0v) is 23.6. The van der Waals surface area contributed by atoms with Gasteiger partial charge in [-0.1, -0.05) is 0 Å². The topological polar surface area (TPSA) is 52.9 Å². The van der Waals surface area contributed by atoms with Crippen molar-refractivity contribution in [2.45, 2.75) is 91.9 Å². The second kappa shape index (κ2) is 14.0. The Hall–Kier alpha value is -1.27. The van der Waals surface area contributed by atoms with Crippen LogP contribution in [0, 0.1) is 0 Å². The summed E-state index contributed by atoms with van der Waals surface area (Å²) in [7, 11) is 2.20. The highest BCUT2D eigenvalue weighted by atomic mass is 19.4. The van der Waals surface area contributed by atoms with E-state index in [-0.39, 0.29) is 0 Å². The summed E-state index contributed by atoms with van der Waals surface area (Å²) in [6.45, 7) is 24.4. The molecule has 0 aliphatic carbocycles. The predicted octanol–water partition coefficient (Wildman–Crippen LogP) is 3.28. The van der Waals surface area contributed by atoms with Crippen LogP contribution in [0.1, 0.15) is 60.1 Å². The summed E-state index contributed by atoms with van der Waals surface area (Å²) < 4.78 is 44.0. The molecule has 3 aliphatic rings. The molecule has 2 saturated heterocycles. The lowest BCUT2D eigenvalue weighted by Gasteiger charge is -2.40. The van der Waals surface area contributed by atoms with Crippen LogP contribution in [-0.2, 0) is 24.0 Å². The van der Waals surface area contributed by atoms with E-state index in [4.69, 9.17) is 4.74 Å². The van der Waals surface area contributed by atoms with Crippen LogP contribution in [-0.4, -0.2) is 118 Å². The van der Waals surface area contributed by atoms with Crippen molar-refractivity contribution >= 4 is 0 Å². The lowest BCUT2D eigenvalue weighted by molar-refractivity contribution is -0.148. The van der Waals surface area contributed by atoms with Crippen LogP contribution in [0.2, 0.25) is 0 Å². The minimum Gasteiger partial charge on any atom is -0.379 e. The molecule has 0 spiro atoms. The molecule has 4 heterocycles. The average Bonchev–Trinajstić information content (AvgIpc) is 3.24. The average molecular weight is 520 g/mol. The number of ether oxygens (including phenoxy) is 1. The molecular weight excluding hydrogens is 471 g/mol. The summed E-state index contributed by atoms with van der Waals surface area (Å²) in [4.78, 5) is 9.48. The monoisotopic (exact) mass is 519 g/mol. The van der Waals surface area contributed by atoms with E-state index in [0.29, 0.717) is 43.6 Å². The Morgan fingerprint density at radius 1 is 0.806 bits per heavy atom. The van der Waals surface area contributed by atoms with Gasteiger partial charge in [0.2, 0.25) is 5.82 Å². The molecule has 3 aliphatic heterocycles. The number of halogens is 3. The Morgan fingerprint density at radius 2 is 1.42 bits per heavy atom. The Labute approximate surface area is 215 Å². The van der Waals surface area contributed by atoms with Crippen LogP contribution in [0.15, 0.2) is 0 Å². The van der Waals surface area contributed by atoms with Crippen LogP contribution in [0.4, 0.5) is 13.2 Å². The molecule has 1 aromatic rings. The van der Waals surface area contributed by atoms with Gasteiger partial charge in [-0.25, -0.2) is 0 Å². The zero-order valence-electron chi connectivity index (χ0n) is 23.6. The molecule has 0 saturated carbocycles. The van der Waals surface area contributed by atoms with Gasteiger partial charge in [0.15, 0.2) is 0 Å². The third kappa shape index (κ3) is 9.24. The molecule has 1 aromatic heterocycles. The summed E-state index contributed by atoms with van der Waals surface area (Å²) in [5.41, 5.74) is 0. The van der Waals surface area contributed by atoms with Crippen molar-refractivity contribution in [3.63, 3.8) is 0 Å². The second-order valence-corrected chi connectivity index (χ2v) is 10.8. The normalized spacial score (nSPS) is 22.8. The molecule has 4 rings (SSSR count). The number of piperazine rings is 1. The van der Waals surface area contributed by atoms with Gasteiger partial charge in [-0.05, 0) is 55.5 Å². The van der Waals surface area contributed by atoms with Gasteiger partial charge in [-0.3, -0.25) is 14.7 Å². The molecule has 36 heavy (non-hydrogen) atoms. The quantitative estimate of drug-likeness (QED) is 0.608. The number of morpholine rings is 1. The Morgan fingerprint density at radius 3 is 1.89 bits per heavy atom. The number of aromatic nitrogens is 3. The first-order chi connectivity index (χ1) is 16.8. The van der Waals surface area contributed by atoms with Gasteiger partial charge in [-0.15, -0.1) is 10.2 Å². The fourth-order valence-corrected chi connectivity index (χ4v) is 4.84. The number of rotatable bonds is 3.